The Morgan fingerprint density at radius 1 is 1.00 bits per heavy atom. The lowest BCUT2D eigenvalue weighted by molar-refractivity contribution is -0.123. The fourth-order valence-corrected chi connectivity index (χ4v) is 2.13. The van der Waals surface area contributed by atoms with Crippen molar-refractivity contribution < 1.29 is 23.7 Å². The summed E-state index contributed by atoms with van der Waals surface area (Å²) >= 11 is 0. The van der Waals surface area contributed by atoms with Gasteiger partial charge in [-0.1, -0.05) is 12.1 Å². The first-order valence-electron chi connectivity index (χ1n) is 8.06. The average Bonchev–Trinajstić information content (AvgIpc) is 2.67. The van der Waals surface area contributed by atoms with Crippen molar-refractivity contribution >= 4 is 12.1 Å². The molecular weight excluding hydrogens is 336 g/mol. The van der Waals surface area contributed by atoms with Crippen molar-refractivity contribution in [1.29, 1.82) is 0 Å². The van der Waals surface area contributed by atoms with E-state index in [-0.39, 0.29) is 12.5 Å². The smallest absolute Gasteiger partial charge is 0.277 e. The number of hydrazone groups is 1. The van der Waals surface area contributed by atoms with E-state index >= 15 is 0 Å². The molecule has 0 unspecified atom stereocenters. The Morgan fingerprint density at radius 3 is 2.35 bits per heavy atom. The second-order valence-corrected chi connectivity index (χ2v) is 5.08. The van der Waals surface area contributed by atoms with Crippen molar-refractivity contribution in [2.75, 3.05) is 27.4 Å². The van der Waals surface area contributed by atoms with Gasteiger partial charge in [-0.3, -0.25) is 4.79 Å². The monoisotopic (exact) mass is 358 g/mol. The number of nitrogens with one attached hydrogen (secondary N) is 1. The van der Waals surface area contributed by atoms with Gasteiger partial charge in [0.05, 0.1) is 27.0 Å². The fraction of sp³-hybridized carbons (Fsp3) is 0.263. The zero-order valence-corrected chi connectivity index (χ0v) is 15.0. The molecule has 1 amide bonds. The summed E-state index contributed by atoms with van der Waals surface area (Å²) in [5.74, 6) is 1.92. The minimum atomic E-state index is -0.381. The van der Waals surface area contributed by atoms with Gasteiger partial charge in [0, 0.05) is 0 Å². The van der Waals surface area contributed by atoms with Crippen molar-refractivity contribution in [3.05, 3.63) is 48.0 Å². The van der Waals surface area contributed by atoms with Crippen molar-refractivity contribution in [3.8, 4) is 23.0 Å². The molecule has 0 atom stereocenters. The quantitative estimate of drug-likeness (QED) is 0.551. The second kappa shape index (κ2) is 9.93. The van der Waals surface area contributed by atoms with Gasteiger partial charge in [-0.2, -0.15) is 5.10 Å². The standard InChI is InChI=1S/C19H22N2O5/c1-4-25-16-7-5-6-8-17(16)26-13-19(22)21-20-12-14-9-10-15(23-2)18(11-14)24-3/h5-12H,4,13H2,1-3H3,(H,21,22). The van der Waals surface area contributed by atoms with E-state index in [1.807, 2.05) is 19.1 Å². The molecule has 0 aromatic heterocycles. The van der Waals surface area contributed by atoms with Crippen LogP contribution in [-0.4, -0.2) is 39.6 Å². The van der Waals surface area contributed by atoms with Crippen LogP contribution in [0.5, 0.6) is 23.0 Å². The van der Waals surface area contributed by atoms with E-state index in [9.17, 15) is 4.79 Å². The van der Waals surface area contributed by atoms with Gasteiger partial charge in [-0.25, -0.2) is 5.43 Å². The summed E-state index contributed by atoms with van der Waals surface area (Å²) in [6.45, 7) is 2.22. The van der Waals surface area contributed by atoms with Gasteiger partial charge in [-0.15, -0.1) is 0 Å². The molecule has 2 aromatic rings. The number of ether oxygens (including phenoxy) is 4. The molecule has 0 aliphatic rings. The van der Waals surface area contributed by atoms with Crippen LogP contribution in [0.3, 0.4) is 0 Å². The molecule has 2 rings (SSSR count). The molecule has 2 aromatic carbocycles. The topological polar surface area (TPSA) is 78.4 Å². The van der Waals surface area contributed by atoms with Crippen LogP contribution in [0.15, 0.2) is 47.6 Å². The molecule has 0 saturated carbocycles. The summed E-state index contributed by atoms with van der Waals surface area (Å²) in [7, 11) is 3.12. The normalized spacial score (nSPS) is 10.4. The molecule has 0 heterocycles. The Kier molecular flexibility index (Phi) is 7.30. The molecule has 0 bridgehead atoms. The summed E-state index contributed by atoms with van der Waals surface area (Å²) < 4.78 is 21.3. The predicted octanol–water partition coefficient (Wildman–Crippen LogP) is 2.63. The van der Waals surface area contributed by atoms with Crippen LogP contribution in [0.2, 0.25) is 0 Å². The minimum Gasteiger partial charge on any atom is -0.493 e. The van der Waals surface area contributed by atoms with Crippen molar-refractivity contribution in [2.45, 2.75) is 6.92 Å². The summed E-state index contributed by atoms with van der Waals surface area (Å²) in [6.07, 6.45) is 1.51. The molecule has 0 radical (unpaired) electrons. The molecule has 0 aliphatic carbocycles. The number of nitrogens with zero attached hydrogens (tertiary/aromatic N) is 1. The Labute approximate surface area is 152 Å². The van der Waals surface area contributed by atoms with Gasteiger partial charge in [0.1, 0.15) is 0 Å². The Bertz CT molecular complexity index is 761. The molecule has 0 fully saturated rings. The van der Waals surface area contributed by atoms with E-state index in [1.54, 1.807) is 44.6 Å². The van der Waals surface area contributed by atoms with E-state index < -0.39 is 0 Å². The number of hydrogen-bond donors (Lipinski definition) is 1. The second-order valence-electron chi connectivity index (χ2n) is 5.08. The number of carbonyl (C=O) groups is 1. The van der Waals surface area contributed by atoms with Gasteiger partial charge < -0.3 is 18.9 Å². The summed E-state index contributed by atoms with van der Waals surface area (Å²) in [4.78, 5) is 11.9. The predicted molar refractivity (Wildman–Crippen MR) is 98.4 cm³/mol. The molecule has 0 spiro atoms. The molecule has 26 heavy (non-hydrogen) atoms. The Balaban J connectivity index is 1.88. The maximum absolute atomic E-state index is 11.9. The van der Waals surface area contributed by atoms with Crippen LogP contribution >= 0.6 is 0 Å². The third-order valence-corrected chi connectivity index (χ3v) is 3.32. The van der Waals surface area contributed by atoms with E-state index in [2.05, 4.69) is 10.5 Å². The van der Waals surface area contributed by atoms with Crippen LogP contribution in [-0.2, 0) is 4.79 Å². The van der Waals surface area contributed by atoms with Crippen molar-refractivity contribution in [2.24, 2.45) is 5.10 Å². The van der Waals surface area contributed by atoms with E-state index in [4.69, 9.17) is 18.9 Å². The van der Waals surface area contributed by atoms with E-state index in [0.717, 1.165) is 5.56 Å². The zero-order valence-electron chi connectivity index (χ0n) is 15.0. The van der Waals surface area contributed by atoms with Gasteiger partial charge in [0.2, 0.25) is 0 Å². The minimum absolute atomic E-state index is 0.173. The lowest BCUT2D eigenvalue weighted by Crippen LogP contribution is -2.24. The molecule has 7 heteroatoms. The lowest BCUT2D eigenvalue weighted by atomic mass is 10.2. The molecule has 138 valence electrons. The highest BCUT2D eigenvalue weighted by molar-refractivity contribution is 5.83. The molecule has 0 saturated heterocycles. The van der Waals surface area contributed by atoms with Gasteiger partial charge in [-0.05, 0) is 42.8 Å². The van der Waals surface area contributed by atoms with Crippen LogP contribution in [0, 0.1) is 0 Å². The highest BCUT2D eigenvalue weighted by atomic mass is 16.5. The number of amides is 1. The summed E-state index contributed by atoms with van der Waals surface area (Å²) in [5, 5.41) is 3.91. The number of hydrogen-bond acceptors (Lipinski definition) is 6. The first-order chi connectivity index (χ1) is 12.7. The average molecular weight is 358 g/mol. The third-order valence-electron chi connectivity index (χ3n) is 3.32. The first kappa shape index (κ1) is 19.1. The number of carbonyl (C=O) groups excluding carboxylic acids is 1. The highest BCUT2D eigenvalue weighted by Crippen LogP contribution is 2.27. The van der Waals surface area contributed by atoms with Crippen molar-refractivity contribution in [1.82, 2.24) is 5.43 Å². The first-order valence-corrected chi connectivity index (χ1v) is 8.06. The molecule has 0 aliphatic heterocycles. The molecule has 1 N–H and O–H groups in total. The zero-order chi connectivity index (χ0) is 18.8. The number of benzene rings is 2. The van der Waals surface area contributed by atoms with Gasteiger partial charge in [0.15, 0.2) is 29.6 Å². The molecular formula is C19H22N2O5. The van der Waals surface area contributed by atoms with E-state index in [1.165, 1.54) is 6.21 Å². The number of para-hydroxylation sites is 2. The van der Waals surface area contributed by atoms with E-state index in [0.29, 0.717) is 29.6 Å². The highest BCUT2D eigenvalue weighted by Gasteiger charge is 2.07. The largest absolute Gasteiger partial charge is 0.493 e. The summed E-state index contributed by atoms with van der Waals surface area (Å²) in [5.41, 5.74) is 3.17. The van der Waals surface area contributed by atoms with Crippen molar-refractivity contribution in [3.63, 3.8) is 0 Å². The lowest BCUT2D eigenvalue weighted by Gasteiger charge is -2.10. The van der Waals surface area contributed by atoms with Crippen LogP contribution < -0.4 is 24.4 Å². The summed E-state index contributed by atoms with van der Waals surface area (Å²) in [6, 6.07) is 12.5. The maximum atomic E-state index is 11.9. The van der Waals surface area contributed by atoms with Crippen LogP contribution in [0.4, 0.5) is 0 Å². The molecule has 7 nitrogen and oxygen atoms in total. The fourth-order valence-electron chi connectivity index (χ4n) is 2.13. The number of methoxy groups -OCH3 is 2. The van der Waals surface area contributed by atoms with Crippen LogP contribution in [0.1, 0.15) is 12.5 Å². The van der Waals surface area contributed by atoms with Crippen LogP contribution in [0.25, 0.3) is 0 Å². The van der Waals surface area contributed by atoms with Gasteiger partial charge in [0.25, 0.3) is 5.91 Å². The third kappa shape index (κ3) is 5.41. The Morgan fingerprint density at radius 2 is 1.69 bits per heavy atom. The van der Waals surface area contributed by atoms with Gasteiger partial charge >= 0.3 is 0 Å². The number of rotatable bonds is 9. The maximum Gasteiger partial charge on any atom is 0.277 e. The Hall–Kier alpha value is -3.22. The SMILES string of the molecule is CCOc1ccccc1OCC(=O)NN=Cc1ccc(OC)c(OC)c1.